The first-order valence-electron chi connectivity index (χ1n) is 7.60. The van der Waals surface area contributed by atoms with Crippen LogP contribution in [-0.2, 0) is 16.8 Å². The molecule has 1 atom stereocenters. The van der Waals surface area contributed by atoms with E-state index in [0.717, 1.165) is 12.1 Å². The first-order valence-corrected chi connectivity index (χ1v) is 7.60. The number of rotatable bonds is 8. The summed E-state index contributed by atoms with van der Waals surface area (Å²) in [5, 5.41) is 17.5. The van der Waals surface area contributed by atoms with Crippen LogP contribution in [0.25, 0.3) is 0 Å². The molecule has 0 aliphatic heterocycles. The van der Waals surface area contributed by atoms with E-state index in [1.54, 1.807) is 0 Å². The van der Waals surface area contributed by atoms with Gasteiger partial charge in [-0.1, -0.05) is 26.0 Å². The molecule has 0 saturated carbocycles. The van der Waals surface area contributed by atoms with Crippen molar-refractivity contribution in [3.05, 3.63) is 47.8 Å². The van der Waals surface area contributed by atoms with Crippen LogP contribution in [0.15, 0.2) is 30.6 Å². The van der Waals surface area contributed by atoms with Crippen molar-refractivity contribution in [2.75, 3.05) is 6.61 Å². The molecule has 2 N–H and O–H groups in total. The van der Waals surface area contributed by atoms with Gasteiger partial charge in [-0.15, -0.1) is 0 Å². The molecule has 0 spiro atoms. The van der Waals surface area contributed by atoms with Crippen molar-refractivity contribution in [3.63, 3.8) is 0 Å². The summed E-state index contributed by atoms with van der Waals surface area (Å²) in [4.78, 5) is 3.89. The van der Waals surface area contributed by atoms with Crippen LogP contribution in [0.4, 0.5) is 22.0 Å². The van der Waals surface area contributed by atoms with E-state index in [1.165, 1.54) is 32.3 Å². The average Bonchev–Trinajstić information content (AvgIpc) is 3.06. The van der Waals surface area contributed by atoms with Crippen LogP contribution >= 0.6 is 0 Å². The summed E-state index contributed by atoms with van der Waals surface area (Å²) in [6.07, 6.45) is -7.69. The summed E-state index contributed by atoms with van der Waals surface area (Å²) in [5.41, 5.74) is -3.18. The molecule has 0 aliphatic carbocycles. The maximum absolute atomic E-state index is 13.2. The first-order chi connectivity index (χ1) is 12.0. The second-order valence-corrected chi connectivity index (χ2v) is 6.51. The van der Waals surface area contributed by atoms with Crippen molar-refractivity contribution in [1.82, 2.24) is 15.2 Å². The molecule has 2 rings (SSSR count). The Kier molecular flexibility index (Phi) is 5.67. The summed E-state index contributed by atoms with van der Waals surface area (Å²) in [7, 11) is 0. The highest BCUT2D eigenvalue weighted by Crippen LogP contribution is 2.43. The highest BCUT2D eigenvalue weighted by atomic mass is 19.3. The number of aromatic nitrogens is 3. The molecule has 0 radical (unpaired) electrons. The Balaban J connectivity index is 2.36. The van der Waals surface area contributed by atoms with Gasteiger partial charge in [0.2, 0.25) is 0 Å². The molecule has 10 heteroatoms. The molecule has 0 bridgehead atoms. The van der Waals surface area contributed by atoms with Crippen molar-refractivity contribution < 1.29 is 31.8 Å². The van der Waals surface area contributed by atoms with Gasteiger partial charge in [0.25, 0.3) is 0 Å². The van der Waals surface area contributed by atoms with Gasteiger partial charge in [-0.2, -0.15) is 13.9 Å². The van der Waals surface area contributed by atoms with Crippen LogP contribution in [0.3, 0.4) is 0 Å². The molecular formula is C16H18F5N3O2. The zero-order chi connectivity index (χ0) is 19.6. The molecule has 0 fully saturated rings. The molecule has 0 aliphatic rings. The zero-order valence-corrected chi connectivity index (χ0v) is 14.0. The van der Waals surface area contributed by atoms with Gasteiger partial charge in [-0.05, 0) is 17.7 Å². The number of H-pyrrole nitrogens is 1. The topological polar surface area (TPSA) is 71.0 Å². The third-order valence-electron chi connectivity index (χ3n) is 4.21. The van der Waals surface area contributed by atoms with E-state index in [-0.39, 0.29) is 17.8 Å². The molecule has 144 valence electrons. The summed E-state index contributed by atoms with van der Waals surface area (Å²) in [5.74, 6) is -0.334. The van der Waals surface area contributed by atoms with Gasteiger partial charge in [0.1, 0.15) is 23.6 Å². The van der Waals surface area contributed by atoms with Crippen molar-refractivity contribution in [2.24, 2.45) is 5.41 Å². The van der Waals surface area contributed by atoms with Crippen LogP contribution in [0.1, 0.15) is 25.2 Å². The van der Waals surface area contributed by atoms with Gasteiger partial charge in [0.05, 0.1) is 6.61 Å². The van der Waals surface area contributed by atoms with Crippen molar-refractivity contribution in [3.8, 4) is 0 Å². The quantitative estimate of drug-likeness (QED) is 0.691. The minimum Gasteiger partial charge on any atom is -0.384 e. The molecule has 5 nitrogen and oxygen atoms in total. The fourth-order valence-electron chi connectivity index (χ4n) is 2.48. The largest absolute Gasteiger partial charge is 0.416 e. The SMILES string of the molecule is CC(C)(COC(F)(F)C(F)F)[C@](O)(Cc1ncn[nH]1)c1ccc(F)cc1. The molecule has 1 heterocycles. The number of aliphatic hydroxyl groups is 1. The normalized spacial score (nSPS) is 15.3. The van der Waals surface area contributed by atoms with Crippen LogP contribution in [-0.4, -0.2) is 39.4 Å². The second kappa shape index (κ2) is 7.28. The fourth-order valence-corrected chi connectivity index (χ4v) is 2.48. The number of nitrogens with one attached hydrogen (secondary N) is 1. The molecule has 0 amide bonds. The monoisotopic (exact) mass is 379 g/mol. The van der Waals surface area contributed by atoms with Crippen LogP contribution in [0.5, 0.6) is 0 Å². The Labute approximate surface area is 146 Å². The summed E-state index contributed by atoms with van der Waals surface area (Å²) < 4.78 is 68.4. The number of hydrogen-bond donors (Lipinski definition) is 2. The highest BCUT2D eigenvalue weighted by molar-refractivity contribution is 5.27. The van der Waals surface area contributed by atoms with E-state index in [0.29, 0.717) is 0 Å². The molecule has 26 heavy (non-hydrogen) atoms. The summed E-state index contributed by atoms with van der Waals surface area (Å²) in [6.45, 7) is 1.84. The van der Waals surface area contributed by atoms with E-state index in [2.05, 4.69) is 19.9 Å². The van der Waals surface area contributed by atoms with Crippen molar-refractivity contribution in [2.45, 2.75) is 38.4 Å². The van der Waals surface area contributed by atoms with Gasteiger partial charge in [0, 0.05) is 11.8 Å². The Hall–Kier alpha value is -2.07. The first kappa shape index (κ1) is 20.2. The number of alkyl halides is 4. The molecule has 0 saturated heterocycles. The molecular weight excluding hydrogens is 361 g/mol. The molecule has 0 unspecified atom stereocenters. The lowest BCUT2D eigenvalue weighted by Gasteiger charge is -2.43. The molecule has 2 aromatic rings. The van der Waals surface area contributed by atoms with E-state index in [1.807, 2.05) is 0 Å². The number of ether oxygens (including phenoxy) is 1. The van der Waals surface area contributed by atoms with Crippen molar-refractivity contribution >= 4 is 0 Å². The maximum Gasteiger partial charge on any atom is 0.416 e. The molecule has 1 aromatic carbocycles. The maximum atomic E-state index is 13.2. The van der Waals surface area contributed by atoms with Crippen LogP contribution in [0.2, 0.25) is 0 Å². The Morgan fingerprint density at radius 1 is 1.19 bits per heavy atom. The number of benzene rings is 1. The standard InChI is InChI=1S/C16H18F5N3O2/c1-14(2,8-26-16(20,21)13(18)19)15(25,7-12-22-9-23-24-12)10-3-5-11(17)6-4-10/h3-6,9,13,25H,7-8H2,1-2H3,(H,22,23,24)/t15-/m0/s1. The lowest BCUT2D eigenvalue weighted by Crippen LogP contribution is -2.48. The van der Waals surface area contributed by atoms with Gasteiger partial charge in [0.15, 0.2) is 0 Å². The number of hydrogen-bond acceptors (Lipinski definition) is 4. The smallest absolute Gasteiger partial charge is 0.384 e. The zero-order valence-electron chi connectivity index (χ0n) is 14.0. The minimum absolute atomic E-state index is 0.185. The number of halogens is 5. The number of nitrogens with zero attached hydrogens (tertiary/aromatic N) is 2. The fraction of sp³-hybridized carbons (Fsp3) is 0.500. The van der Waals surface area contributed by atoms with Crippen molar-refractivity contribution in [1.29, 1.82) is 0 Å². The van der Waals surface area contributed by atoms with Crippen LogP contribution < -0.4 is 0 Å². The highest BCUT2D eigenvalue weighted by Gasteiger charge is 2.50. The Morgan fingerprint density at radius 3 is 2.31 bits per heavy atom. The van der Waals surface area contributed by atoms with E-state index in [4.69, 9.17) is 0 Å². The van der Waals surface area contributed by atoms with E-state index in [9.17, 15) is 27.1 Å². The average molecular weight is 379 g/mol. The van der Waals surface area contributed by atoms with E-state index >= 15 is 0 Å². The predicted molar refractivity (Wildman–Crippen MR) is 81.1 cm³/mol. The number of aromatic amines is 1. The summed E-state index contributed by atoms with van der Waals surface area (Å²) >= 11 is 0. The second-order valence-electron chi connectivity index (χ2n) is 6.51. The predicted octanol–water partition coefficient (Wildman–Crippen LogP) is 3.27. The van der Waals surface area contributed by atoms with Gasteiger partial charge < -0.3 is 9.84 Å². The Morgan fingerprint density at radius 2 is 1.81 bits per heavy atom. The summed E-state index contributed by atoms with van der Waals surface area (Å²) in [6, 6.07) is 4.73. The Bertz CT molecular complexity index is 707. The third kappa shape index (κ3) is 4.18. The lowest BCUT2D eigenvalue weighted by atomic mass is 9.69. The van der Waals surface area contributed by atoms with E-state index < -0.39 is 36.0 Å². The van der Waals surface area contributed by atoms with Crippen LogP contribution in [0, 0.1) is 11.2 Å². The lowest BCUT2D eigenvalue weighted by molar-refractivity contribution is -0.315. The molecule has 1 aromatic heterocycles. The van der Waals surface area contributed by atoms with Gasteiger partial charge in [-0.3, -0.25) is 5.10 Å². The van der Waals surface area contributed by atoms with Gasteiger partial charge in [-0.25, -0.2) is 18.2 Å². The minimum atomic E-state index is -4.66. The third-order valence-corrected chi connectivity index (χ3v) is 4.21. The van der Waals surface area contributed by atoms with Gasteiger partial charge >= 0.3 is 12.5 Å².